The molecule has 0 radical (unpaired) electrons. The normalized spacial score (nSPS) is 17.7. The molecule has 3 rings (SSSR count). The van der Waals surface area contributed by atoms with E-state index in [4.69, 9.17) is 11.6 Å². The Kier molecular flexibility index (Phi) is 7.36. The average molecular weight is 440 g/mol. The fourth-order valence-corrected chi connectivity index (χ4v) is 4.09. The number of likely N-dealkylation sites (tertiary alicyclic amines) is 1. The van der Waals surface area contributed by atoms with Crippen LogP contribution in [0, 0.1) is 5.92 Å². The van der Waals surface area contributed by atoms with Crippen LogP contribution in [0.5, 0.6) is 0 Å². The van der Waals surface area contributed by atoms with Crippen molar-refractivity contribution >= 4 is 17.5 Å². The number of amides is 1. The lowest BCUT2D eigenvalue weighted by molar-refractivity contribution is -0.137. The number of benzene rings is 1. The molecule has 8 heteroatoms. The van der Waals surface area contributed by atoms with Crippen molar-refractivity contribution in [3.63, 3.8) is 0 Å². The fraction of sp³-hybridized carbons (Fsp3) is 0.455. The lowest BCUT2D eigenvalue weighted by atomic mass is 9.96. The Bertz CT molecular complexity index is 875. The first kappa shape index (κ1) is 22.6. The van der Waals surface area contributed by atoms with Gasteiger partial charge in [-0.05, 0) is 55.5 Å². The summed E-state index contributed by atoms with van der Waals surface area (Å²) < 4.78 is 38.7. The van der Waals surface area contributed by atoms with Crippen LogP contribution in [-0.4, -0.2) is 53.9 Å². The second-order valence-electron chi connectivity index (χ2n) is 7.81. The maximum Gasteiger partial charge on any atom is 0.416 e. The van der Waals surface area contributed by atoms with Crippen LogP contribution in [0.4, 0.5) is 13.2 Å². The Morgan fingerprint density at radius 3 is 2.83 bits per heavy atom. The van der Waals surface area contributed by atoms with Crippen molar-refractivity contribution in [2.75, 3.05) is 33.2 Å². The van der Waals surface area contributed by atoms with Gasteiger partial charge in [0.2, 0.25) is 0 Å². The van der Waals surface area contributed by atoms with Crippen molar-refractivity contribution in [2.24, 2.45) is 5.92 Å². The summed E-state index contributed by atoms with van der Waals surface area (Å²) in [6.45, 7) is 3.08. The molecular formula is C22H25ClF3N3O. The molecule has 162 valence electrons. The van der Waals surface area contributed by atoms with Gasteiger partial charge in [0, 0.05) is 38.4 Å². The van der Waals surface area contributed by atoms with E-state index in [0.29, 0.717) is 36.6 Å². The summed E-state index contributed by atoms with van der Waals surface area (Å²) in [6.07, 6.45) is -0.200. The standard InChI is InChI=1S/C22H25ClF3N3O/c1-28(21(30)18-7-9-27-20(23)13-18)14-17-5-3-10-29(15-17)11-8-16-4-2-6-19(12-16)22(24,25)26/h2,4,6-7,9,12-13,17H,3,5,8,10-11,14-15H2,1H3/t17-/m1/s1. The van der Waals surface area contributed by atoms with Crippen molar-refractivity contribution in [3.8, 4) is 0 Å². The number of pyridine rings is 1. The third-order valence-electron chi connectivity index (χ3n) is 5.43. The molecule has 0 N–H and O–H groups in total. The maximum atomic E-state index is 12.9. The van der Waals surface area contributed by atoms with Gasteiger partial charge in [-0.2, -0.15) is 13.2 Å². The van der Waals surface area contributed by atoms with Crippen molar-refractivity contribution in [1.82, 2.24) is 14.8 Å². The summed E-state index contributed by atoms with van der Waals surface area (Å²) >= 11 is 5.87. The van der Waals surface area contributed by atoms with E-state index in [1.165, 1.54) is 18.3 Å². The summed E-state index contributed by atoms with van der Waals surface area (Å²) in [4.78, 5) is 20.5. The van der Waals surface area contributed by atoms with Crippen molar-refractivity contribution in [2.45, 2.75) is 25.4 Å². The molecule has 1 amide bonds. The highest BCUT2D eigenvalue weighted by molar-refractivity contribution is 6.29. The zero-order valence-corrected chi connectivity index (χ0v) is 17.6. The summed E-state index contributed by atoms with van der Waals surface area (Å²) in [7, 11) is 1.78. The van der Waals surface area contributed by atoms with Crippen LogP contribution in [0.2, 0.25) is 5.15 Å². The molecule has 1 fully saturated rings. The SMILES string of the molecule is CN(C[C@H]1CCCN(CCc2cccc(C(F)(F)F)c2)C1)C(=O)c1ccnc(Cl)c1. The molecule has 2 heterocycles. The van der Waals surface area contributed by atoms with Crippen molar-refractivity contribution in [1.29, 1.82) is 0 Å². The van der Waals surface area contributed by atoms with E-state index in [-0.39, 0.29) is 11.1 Å². The van der Waals surface area contributed by atoms with Crippen LogP contribution in [0.1, 0.15) is 34.3 Å². The van der Waals surface area contributed by atoms with Gasteiger partial charge in [-0.25, -0.2) is 4.98 Å². The second-order valence-corrected chi connectivity index (χ2v) is 8.20. The van der Waals surface area contributed by atoms with Gasteiger partial charge in [0.25, 0.3) is 5.91 Å². The predicted molar refractivity (Wildman–Crippen MR) is 111 cm³/mol. The molecule has 0 spiro atoms. The lowest BCUT2D eigenvalue weighted by Crippen LogP contribution is -2.42. The van der Waals surface area contributed by atoms with Gasteiger partial charge in [-0.1, -0.05) is 29.8 Å². The van der Waals surface area contributed by atoms with Crippen LogP contribution in [0.15, 0.2) is 42.6 Å². The number of piperidine rings is 1. The van der Waals surface area contributed by atoms with E-state index in [9.17, 15) is 18.0 Å². The largest absolute Gasteiger partial charge is 0.416 e. The maximum absolute atomic E-state index is 12.9. The number of rotatable bonds is 6. The molecule has 0 saturated carbocycles. The van der Waals surface area contributed by atoms with E-state index >= 15 is 0 Å². The molecule has 0 bridgehead atoms. The highest BCUT2D eigenvalue weighted by Crippen LogP contribution is 2.29. The van der Waals surface area contributed by atoms with Gasteiger partial charge in [-0.3, -0.25) is 4.79 Å². The molecule has 1 saturated heterocycles. The van der Waals surface area contributed by atoms with Crippen LogP contribution >= 0.6 is 11.6 Å². The van der Waals surface area contributed by atoms with Crippen LogP contribution in [0.3, 0.4) is 0 Å². The first-order valence-corrected chi connectivity index (χ1v) is 10.4. The van der Waals surface area contributed by atoms with Gasteiger partial charge >= 0.3 is 6.18 Å². The zero-order valence-electron chi connectivity index (χ0n) is 16.8. The number of carbonyl (C=O) groups excluding carboxylic acids is 1. The van der Waals surface area contributed by atoms with Crippen molar-refractivity contribution in [3.05, 3.63) is 64.4 Å². The Morgan fingerprint density at radius 1 is 1.30 bits per heavy atom. The molecule has 1 aliphatic rings. The molecular weight excluding hydrogens is 415 g/mol. The summed E-state index contributed by atoms with van der Waals surface area (Å²) in [6, 6.07) is 8.73. The van der Waals surface area contributed by atoms with Gasteiger partial charge in [0.05, 0.1) is 5.56 Å². The Hall–Kier alpha value is -2.12. The monoisotopic (exact) mass is 439 g/mol. The number of halogens is 4. The van der Waals surface area contributed by atoms with E-state index in [0.717, 1.165) is 32.0 Å². The third-order valence-corrected chi connectivity index (χ3v) is 5.63. The first-order chi connectivity index (χ1) is 14.2. The van der Waals surface area contributed by atoms with Crippen molar-refractivity contribution < 1.29 is 18.0 Å². The highest BCUT2D eigenvalue weighted by atomic mass is 35.5. The molecule has 1 atom stereocenters. The second kappa shape index (κ2) is 9.79. The number of hydrogen-bond donors (Lipinski definition) is 0. The van der Waals surface area contributed by atoms with Crippen LogP contribution in [0.25, 0.3) is 0 Å². The number of hydrogen-bond acceptors (Lipinski definition) is 3. The Labute approximate surface area is 179 Å². The zero-order chi connectivity index (χ0) is 21.7. The first-order valence-electron chi connectivity index (χ1n) is 9.98. The van der Waals surface area contributed by atoms with E-state index in [1.807, 2.05) is 0 Å². The number of aromatic nitrogens is 1. The molecule has 1 aromatic carbocycles. The number of nitrogens with zero attached hydrogens (tertiary/aromatic N) is 3. The van der Waals surface area contributed by atoms with Crippen LogP contribution < -0.4 is 0 Å². The molecule has 4 nitrogen and oxygen atoms in total. The summed E-state index contributed by atoms with van der Waals surface area (Å²) in [5, 5.41) is 0.285. The third kappa shape index (κ3) is 6.19. The Balaban J connectivity index is 1.52. The molecule has 2 aromatic rings. The predicted octanol–water partition coefficient (Wildman–Crippen LogP) is 4.78. The molecule has 0 unspecified atom stereocenters. The molecule has 0 aliphatic carbocycles. The van der Waals surface area contributed by atoms with E-state index in [1.54, 1.807) is 30.1 Å². The molecule has 30 heavy (non-hydrogen) atoms. The quantitative estimate of drug-likeness (QED) is 0.608. The van der Waals surface area contributed by atoms with Gasteiger partial charge in [0.15, 0.2) is 0 Å². The fourth-order valence-electron chi connectivity index (χ4n) is 3.92. The number of carbonyl (C=O) groups is 1. The van der Waals surface area contributed by atoms with Gasteiger partial charge < -0.3 is 9.80 Å². The lowest BCUT2D eigenvalue weighted by Gasteiger charge is -2.34. The smallest absolute Gasteiger partial charge is 0.341 e. The minimum atomic E-state index is -4.32. The van der Waals surface area contributed by atoms with E-state index < -0.39 is 11.7 Å². The average Bonchev–Trinajstić information content (AvgIpc) is 2.71. The summed E-state index contributed by atoms with van der Waals surface area (Å²) in [5.41, 5.74) is 0.594. The number of alkyl halides is 3. The highest BCUT2D eigenvalue weighted by Gasteiger charge is 2.30. The topological polar surface area (TPSA) is 36.4 Å². The van der Waals surface area contributed by atoms with Crippen LogP contribution in [-0.2, 0) is 12.6 Å². The summed E-state index contributed by atoms with van der Waals surface area (Å²) in [5.74, 6) is 0.229. The Morgan fingerprint density at radius 2 is 2.10 bits per heavy atom. The molecule has 1 aromatic heterocycles. The van der Waals surface area contributed by atoms with E-state index in [2.05, 4.69) is 9.88 Å². The van der Waals surface area contributed by atoms with Gasteiger partial charge in [-0.15, -0.1) is 0 Å². The molecule has 1 aliphatic heterocycles. The van der Waals surface area contributed by atoms with Gasteiger partial charge in [0.1, 0.15) is 5.15 Å². The minimum Gasteiger partial charge on any atom is -0.341 e. The minimum absolute atomic E-state index is 0.0969.